The molecule has 0 heterocycles. The average Bonchev–Trinajstić information content (AvgIpc) is 2.38. The van der Waals surface area contributed by atoms with Crippen molar-refractivity contribution in [1.29, 1.82) is 0 Å². The van der Waals surface area contributed by atoms with E-state index in [2.05, 4.69) is 76.1 Å². The second kappa shape index (κ2) is 6.78. The molecule has 0 aliphatic rings. The molecule has 0 fully saturated rings. The van der Waals surface area contributed by atoms with E-state index in [1.54, 1.807) is 0 Å². The Hall–Kier alpha value is -2.09. The fourth-order valence-electron chi connectivity index (χ4n) is 3.12. The van der Waals surface area contributed by atoms with Gasteiger partial charge >= 0.3 is 0 Å². The lowest BCUT2D eigenvalue weighted by atomic mass is 10.1. The minimum absolute atomic E-state index is 0.734. The summed E-state index contributed by atoms with van der Waals surface area (Å²) < 4.78 is 0. The van der Waals surface area contributed by atoms with Crippen LogP contribution < -0.4 is 5.32 Å². The van der Waals surface area contributed by atoms with E-state index in [9.17, 15) is 0 Å². The van der Waals surface area contributed by atoms with E-state index in [1.807, 2.05) is 6.21 Å². The van der Waals surface area contributed by atoms with Crippen LogP contribution in [0.3, 0.4) is 0 Å². The monoisotopic (exact) mass is 294 g/mol. The zero-order valence-electron chi connectivity index (χ0n) is 14.5. The van der Waals surface area contributed by atoms with Crippen LogP contribution in [0.4, 0.5) is 11.4 Å². The van der Waals surface area contributed by atoms with E-state index >= 15 is 0 Å². The van der Waals surface area contributed by atoms with Crippen molar-refractivity contribution < 1.29 is 0 Å². The van der Waals surface area contributed by atoms with Gasteiger partial charge in [-0.25, -0.2) is 0 Å². The van der Waals surface area contributed by atoms with Gasteiger partial charge in [-0.15, -0.1) is 0 Å². The number of benzene rings is 2. The smallest absolute Gasteiger partial charge is 0.0684 e. The predicted octanol–water partition coefficient (Wildman–Crippen LogP) is 5.35. The number of aryl methyl sites for hydroxylation is 6. The van der Waals surface area contributed by atoms with Crippen molar-refractivity contribution in [1.82, 2.24) is 0 Å². The van der Waals surface area contributed by atoms with E-state index in [0.29, 0.717) is 0 Å². The molecule has 2 aromatic rings. The third kappa shape index (κ3) is 3.76. The summed E-state index contributed by atoms with van der Waals surface area (Å²) in [5.74, 6) is 0. The fraction of sp³-hybridized carbons (Fsp3) is 0.350. The van der Waals surface area contributed by atoms with Crippen molar-refractivity contribution in [3.05, 3.63) is 57.6 Å². The summed E-state index contributed by atoms with van der Waals surface area (Å²) >= 11 is 0. The Morgan fingerprint density at radius 1 is 0.773 bits per heavy atom. The van der Waals surface area contributed by atoms with Gasteiger partial charge in [-0.2, -0.15) is 0 Å². The van der Waals surface area contributed by atoms with Crippen LogP contribution in [-0.4, -0.2) is 12.8 Å². The second-order valence-electron chi connectivity index (χ2n) is 6.21. The van der Waals surface area contributed by atoms with E-state index in [4.69, 9.17) is 0 Å². The van der Waals surface area contributed by atoms with Crippen LogP contribution in [0.5, 0.6) is 0 Å². The molecular weight excluding hydrogens is 268 g/mol. The zero-order valence-corrected chi connectivity index (χ0v) is 14.5. The lowest BCUT2D eigenvalue weighted by Crippen LogP contribution is -2.06. The number of nitrogens with one attached hydrogen (secondary N) is 1. The van der Waals surface area contributed by atoms with Gasteiger partial charge in [0, 0.05) is 11.9 Å². The Bertz CT molecular complexity index is 666. The van der Waals surface area contributed by atoms with Crippen LogP contribution in [0.25, 0.3) is 0 Å². The Kier molecular flexibility index (Phi) is 5.02. The molecule has 0 radical (unpaired) electrons. The molecule has 1 N–H and O–H groups in total. The lowest BCUT2D eigenvalue weighted by Gasteiger charge is -2.12. The first-order valence-corrected chi connectivity index (χ1v) is 7.80. The van der Waals surface area contributed by atoms with Crippen LogP contribution in [0.15, 0.2) is 29.3 Å². The van der Waals surface area contributed by atoms with Gasteiger partial charge in [0.2, 0.25) is 0 Å². The van der Waals surface area contributed by atoms with Crippen LogP contribution >= 0.6 is 0 Å². The molecule has 0 amide bonds. The first-order chi connectivity index (χ1) is 10.4. The minimum atomic E-state index is 0.734. The minimum Gasteiger partial charge on any atom is -0.380 e. The third-order valence-electron chi connectivity index (χ3n) is 3.90. The van der Waals surface area contributed by atoms with Gasteiger partial charge in [-0.3, -0.25) is 4.99 Å². The molecule has 0 aliphatic heterocycles. The number of hydrogen-bond acceptors (Lipinski definition) is 2. The summed E-state index contributed by atoms with van der Waals surface area (Å²) in [6, 6.07) is 8.78. The highest BCUT2D eigenvalue weighted by Gasteiger charge is 2.03. The number of anilines is 1. The molecule has 0 atom stereocenters. The number of hydrogen-bond donors (Lipinski definition) is 1. The van der Waals surface area contributed by atoms with Crippen molar-refractivity contribution in [3.63, 3.8) is 0 Å². The van der Waals surface area contributed by atoms with Gasteiger partial charge in [0.15, 0.2) is 0 Å². The summed E-state index contributed by atoms with van der Waals surface area (Å²) in [6.07, 6.45) is 1.96. The number of rotatable bonds is 4. The quantitative estimate of drug-likeness (QED) is 0.755. The summed E-state index contributed by atoms with van der Waals surface area (Å²) in [6.45, 7) is 13.5. The molecule has 0 spiro atoms. The average molecular weight is 294 g/mol. The van der Waals surface area contributed by atoms with Crippen molar-refractivity contribution in [2.45, 2.75) is 41.5 Å². The predicted molar refractivity (Wildman–Crippen MR) is 97.9 cm³/mol. The van der Waals surface area contributed by atoms with E-state index in [-0.39, 0.29) is 0 Å². The molecule has 0 aliphatic carbocycles. The number of aliphatic imine (C=N–C) groups is 1. The van der Waals surface area contributed by atoms with Crippen molar-refractivity contribution in [2.24, 2.45) is 4.99 Å². The maximum atomic E-state index is 4.65. The molecule has 0 saturated carbocycles. The Morgan fingerprint density at radius 3 is 1.73 bits per heavy atom. The van der Waals surface area contributed by atoms with Gasteiger partial charge in [0.05, 0.1) is 12.2 Å². The van der Waals surface area contributed by atoms with E-state index in [0.717, 1.165) is 12.2 Å². The molecule has 2 aromatic carbocycles. The Morgan fingerprint density at radius 2 is 1.23 bits per heavy atom. The van der Waals surface area contributed by atoms with Crippen molar-refractivity contribution >= 4 is 17.6 Å². The zero-order chi connectivity index (χ0) is 16.3. The maximum absolute atomic E-state index is 4.65. The van der Waals surface area contributed by atoms with Gasteiger partial charge in [0.25, 0.3) is 0 Å². The highest BCUT2D eigenvalue weighted by atomic mass is 14.9. The molecule has 2 heteroatoms. The van der Waals surface area contributed by atoms with Gasteiger partial charge in [-0.05, 0) is 63.8 Å². The van der Waals surface area contributed by atoms with Crippen molar-refractivity contribution in [2.75, 3.05) is 11.9 Å². The largest absolute Gasteiger partial charge is 0.380 e. The SMILES string of the molecule is Cc1cc(C)c(N=CCNc2c(C)cc(C)cc2C)c(C)c1. The molecule has 0 aromatic heterocycles. The normalized spacial score (nSPS) is 11.2. The van der Waals surface area contributed by atoms with E-state index in [1.165, 1.54) is 39.1 Å². The molecular formula is C20H26N2. The maximum Gasteiger partial charge on any atom is 0.0684 e. The molecule has 0 saturated heterocycles. The number of nitrogens with zero attached hydrogens (tertiary/aromatic N) is 1. The Labute approximate surface area is 134 Å². The molecule has 2 nitrogen and oxygen atoms in total. The van der Waals surface area contributed by atoms with Gasteiger partial charge in [-0.1, -0.05) is 35.4 Å². The van der Waals surface area contributed by atoms with Gasteiger partial charge in [0.1, 0.15) is 0 Å². The summed E-state index contributed by atoms with van der Waals surface area (Å²) in [7, 11) is 0. The first kappa shape index (κ1) is 16.3. The molecule has 0 bridgehead atoms. The van der Waals surface area contributed by atoms with Crippen LogP contribution in [0.2, 0.25) is 0 Å². The van der Waals surface area contributed by atoms with E-state index < -0.39 is 0 Å². The highest BCUT2D eigenvalue weighted by molar-refractivity contribution is 5.72. The third-order valence-corrected chi connectivity index (χ3v) is 3.90. The van der Waals surface area contributed by atoms with Crippen molar-refractivity contribution in [3.8, 4) is 0 Å². The summed E-state index contributed by atoms with van der Waals surface area (Å²) in [5, 5.41) is 3.48. The summed E-state index contributed by atoms with van der Waals surface area (Å²) in [4.78, 5) is 4.65. The Balaban J connectivity index is 2.09. The molecule has 116 valence electrons. The lowest BCUT2D eigenvalue weighted by molar-refractivity contribution is 1.26. The summed E-state index contributed by atoms with van der Waals surface area (Å²) in [5.41, 5.74) is 9.94. The second-order valence-corrected chi connectivity index (χ2v) is 6.21. The van der Waals surface area contributed by atoms with Crippen LogP contribution in [-0.2, 0) is 0 Å². The van der Waals surface area contributed by atoms with Crippen LogP contribution in [0, 0.1) is 41.5 Å². The van der Waals surface area contributed by atoms with Gasteiger partial charge < -0.3 is 5.32 Å². The standard InChI is InChI=1S/C20H26N2/c1-13-9-15(3)19(16(4)10-13)21-7-8-22-20-17(5)11-14(2)12-18(20)6/h7,9-12,22H,8H2,1-6H3. The first-order valence-electron chi connectivity index (χ1n) is 7.80. The topological polar surface area (TPSA) is 24.4 Å². The fourth-order valence-corrected chi connectivity index (χ4v) is 3.12. The molecule has 2 rings (SSSR count). The highest BCUT2D eigenvalue weighted by Crippen LogP contribution is 2.25. The molecule has 0 unspecified atom stereocenters. The molecule has 22 heavy (non-hydrogen) atoms. The van der Waals surface area contributed by atoms with Crippen LogP contribution in [0.1, 0.15) is 33.4 Å².